The molecule has 7 heteroatoms. The van der Waals surface area contributed by atoms with E-state index < -0.39 is 0 Å². The summed E-state index contributed by atoms with van der Waals surface area (Å²) in [5.41, 5.74) is 1.83. The third-order valence-corrected chi connectivity index (χ3v) is 3.95. The predicted octanol–water partition coefficient (Wildman–Crippen LogP) is 3.27. The van der Waals surface area contributed by atoms with Gasteiger partial charge in [-0.15, -0.1) is 0 Å². The van der Waals surface area contributed by atoms with E-state index in [-0.39, 0.29) is 11.6 Å². The summed E-state index contributed by atoms with van der Waals surface area (Å²) in [5, 5.41) is 6.00. The van der Waals surface area contributed by atoms with Crippen LogP contribution in [0, 0.1) is 0 Å². The molecule has 1 amide bonds. The first-order valence-corrected chi connectivity index (χ1v) is 8.83. The highest BCUT2D eigenvalue weighted by atomic mass is 16.5. The zero-order valence-corrected chi connectivity index (χ0v) is 15.8. The summed E-state index contributed by atoms with van der Waals surface area (Å²) in [5.74, 6) is 1.33. The smallest absolute Gasteiger partial charge is 0.270 e. The maximum absolute atomic E-state index is 12.5. The molecule has 0 radical (unpaired) electrons. The van der Waals surface area contributed by atoms with E-state index >= 15 is 0 Å². The Morgan fingerprint density at radius 1 is 1.00 bits per heavy atom. The van der Waals surface area contributed by atoms with E-state index in [0.717, 1.165) is 11.3 Å². The van der Waals surface area contributed by atoms with Crippen LogP contribution in [-0.4, -0.2) is 43.2 Å². The molecule has 3 rings (SSSR count). The molecule has 0 atom stereocenters. The second kappa shape index (κ2) is 9.48. The number of para-hydroxylation sites is 2. The molecule has 144 valence electrons. The number of ether oxygens (including phenoxy) is 2. The summed E-state index contributed by atoms with van der Waals surface area (Å²) < 4.78 is 10.4. The van der Waals surface area contributed by atoms with Gasteiger partial charge in [-0.3, -0.25) is 4.79 Å². The number of nitrogens with zero attached hydrogens (tertiary/aromatic N) is 2. The minimum Gasteiger partial charge on any atom is -0.495 e. The lowest BCUT2D eigenvalue weighted by Gasteiger charge is -2.13. The van der Waals surface area contributed by atoms with Gasteiger partial charge >= 0.3 is 0 Å². The van der Waals surface area contributed by atoms with E-state index in [1.54, 1.807) is 20.3 Å². The largest absolute Gasteiger partial charge is 0.495 e. The van der Waals surface area contributed by atoms with E-state index in [4.69, 9.17) is 9.47 Å². The molecule has 0 saturated heterocycles. The fourth-order valence-corrected chi connectivity index (χ4v) is 2.59. The quantitative estimate of drug-likeness (QED) is 0.585. The van der Waals surface area contributed by atoms with Crippen LogP contribution in [0.4, 0.5) is 11.5 Å². The SMILES string of the molecule is COCCNC(=O)c1cc(Nc2ccccc2OC)nc(-c2ccccc2)n1. The maximum Gasteiger partial charge on any atom is 0.270 e. The summed E-state index contributed by atoms with van der Waals surface area (Å²) in [6, 6.07) is 18.6. The van der Waals surface area contributed by atoms with Crippen molar-refractivity contribution in [3.05, 3.63) is 66.4 Å². The van der Waals surface area contributed by atoms with E-state index in [1.165, 1.54) is 0 Å². The molecule has 0 saturated carbocycles. The van der Waals surface area contributed by atoms with Crippen molar-refractivity contribution in [2.75, 3.05) is 32.7 Å². The number of benzene rings is 2. The van der Waals surface area contributed by atoms with Gasteiger partial charge in [0, 0.05) is 25.3 Å². The summed E-state index contributed by atoms with van der Waals surface area (Å²) in [7, 11) is 3.18. The highest BCUT2D eigenvalue weighted by molar-refractivity contribution is 5.93. The van der Waals surface area contributed by atoms with Gasteiger partial charge in [-0.2, -0.15) is 0 Å². The molecular weight excluding hydrogens is 356 g/mol. The van der Waals surface area contributed by atoms with Crippen LogP contribution >= 0.6 is 0 Å². The number of nitrogens with one attached hydrogen (secondary N) is 2. The molecule has 2 N–H and O–H groups in total. The Bertz CT molecular complexity index is 932. The first kappa shape index (κ1) is 19.3. The summed E-state index contributed by atoms with van der Waals surface area (Å²) >= 11 is 0. The van der Waals surface area contributed by atoms with Gasteiger partial charge in [0.25, 0.3) is 5.91 Å². The minimum atomic E-state index is -0.292. The van der Waals surface area contributed by atoms with Crippen LogP contribution < -0.4 is 15.4 Å². The van der Waals surface area contributed by atoms with Crippen LogP contribution in [0.1, 0.15) is 10.5 Å². The van der Waals surface area contributed by atoms with Crippen LogP contribution in [0.15, 0.2) is 60.7 Å². The van der Waals surface area contributed by atoms with Crippen molar-refractivity contribution in [2.24, 2.45) is 0 Å². The van der Waals surface area contributed by atoms with Crippen molar-refractivity contribution in [1.82, 2.24) is 15.3 Å². The van der Waals surface area contributed by atoms with Gasteiger partial charge in [0.1, 0.15) is 17.3 Å². The highest BCUT2D eigenvalue weighted by Gasteiger charge is 2.14. The zero-order chi connectivity index (χ0) is 19.8. The van der Waals surface area contributed by atoms with E-state index in [1.807, 2.05) is 54.6 Å². The molecule has 0 unspecified atom stereocenters. The number of hydrogen-bond donors (Lipinski definition) is 2. The third kappa shape index (κ3) is 4.83. The first-order chi connectivity index (χ1) is 13.7. The minimum absolute atomic E-state index is 0.266. The molecule has 0 aliphatic heterocycles. The van der Waals surface area contributed by atoms with Gasteiger partial charge in [-0.05, 0) is 12.1 Å². The van der Waals surface area contributed by atoms with Gasteiger partial charge in [0.05, 0.1) is 19.4 Å². The van der Waals surface area contributed by atoms with Crippen LogP contribution in [0.25, 0.3) is 11.4 Å². The number of hydrogen-bond acceptors (Lipinski definition) is 6. The lowest BCUT2D eigenvalue weighted by molar-refractivity contribution is 0.0932. The Balaban J connectivity index is 1.96. The fraction of sp³-hybridized carbons (Fsp3) is 0.190. The second-order valence-corrected chi connectivity index (χ2v) is 5.90. The Labute approximate surface area is 163 Å². The maximum atomic E-state index is 12.5. The number of aromatic nitrogens is 2. The van der Waals surface area contributed by atoms with Gasteiger partial charge in [-0.1, -0.05) is 42.5 Å². The summed E-state index contributed by atoms with van der Waals surface area (Å²) in [4.78, 5) is 21.5. The van der Waals surface area contributed by atoms with Gasteiger partial charge < -0.3 is 20.1 Å². The van der Waals surface area contributed by atoms with Gasteiger partial charge in [0.15, 0.2) is 5.82 Å². The lowest BCUT2D eigenvalue weighted by atomic mass is 10.2. The molecular formula is C21H22N4O3. The van der Waals surface area contributed by atoms with Crippen molar-refractivity contribution >= 4 is 17.4 Å². The van der Waals surface area contributed by atoms with E-state index in [2.05, 4.69) is 20.6 Å². The van der Waals surface area contributed by atoms with E-state index in [9.17, 15) is 4.79 Å². The van der Waals surface area contributed by atoms with Gasteiger partial charge in [-0.25, -0.2) is 9.97 Å². The van der Waals surface area contributed by atoms with Gasteiger partial charge in [0.2, 0.25) is 0 Å². The average Bonchev–Trinajstić information content (AvgIpc) is 2.74. The number of rotatable bonds is 8. The predicted molar refractivity (Wildman–Crippen MR) is 108 cm³/mol. The first-order valence-electron chi connectivity index (χ1n) is 8.83. The molecule has 0 spiro atoms. The Hall–Kier alpha value is -3.45. The Morgan fingerprint density at radius 2 is 1.75 bits per heavy atom. The van der Waals surface area contributed by atoms with Crippen molar-refractivity contribution in [3.63, 3.8) is 0 Å². The van der Waals surface area contributed by atoms with Crippen LogP contribution in [0.2, 0.25) is 0 Å². The molecule has 7 nitrogen and oxygen atoms in total. The Kier molecular flexibility index (Phi) is 6.54. The fourth-order valence-electron chi connectivity index (χ4n) is 2.59. The van der Waals surface area contributed by atoms with Crippen LogP contribution in [-0.2, 0) is 4.74 Å². The summed E-state index contributed by atoms with van der Waals surface area (Å²) in [6.07, 6.45) is 0. The number of amides is 1. The lowest BCUT2D eigenvalue weighted by Crippen LogP contribution is -2.28. The van der Waals surface area contributed by atoms with Crippen molar-refractivity contribution in [1.29, 1.82) is 0 Å². The standard InChI is InChI=1S/C21H22N4O3/c1-27-13-12-22-21(26)17-14-19(23-16-10-6-7-11-18(16)28-2)25-20(24-17)15-8-4-3-5-9-15/h3-11,14H,12-13H2,1-2H3,(H,22,26)(H,23,24,25). The normalized spacial score (nSPS) is 10.4. The monoisotopic (exact) mass is 378 g/mol. The highest BCUT2D eigenvalue weighted by Crippen LogP contribution is 2.27. The molecule has 1 heterocycles. The second-order valence-electron chi connectivity index (χ2n) is 5.90. The van der Waals surface area contributed by atoms with E-state index in [0.29, 0.717) is 30.5 Å². The molecule has 0 aliphatic rings. The molecule has 28 heavy (non-hydrogen) atoms. The van der Waals surface area contributed by atoms with Crippen LogP contribution in [0.5, 0.6) is 5.75 Å². The topological polar surface area (TPSA) is 85.4 Å². The molecule has 0 bridgehead atoms. The Morgan fingerprint density at radius 3 is 2.50 bits per heavy atom. The molecule has 1 aromatic heterocycles. The van der Waals surface area contributed by atoms with Crippen molar-refractivity contribution < 1.29 is 14.3 Å². The molecule has 0 fully saturated rings. The van der Waals surface area contributed by atoms with Crippen molar-refractivity contribution in [2.45, 2.75) is 0 Å². The molecule has 0 aliphatic carbocycles. The third-order valence-electron chi connectivity index (χ3n) is 3.95. The average molecular weight is 378 g/mol. The molecule has 2 aromatic carbocycles. The van der Waals surface area contributed by atoms with Crippen LogP contribution in [0.3, 0.4) is 0 Å². The number of carbonyl (C=O) groups excluding carboxylic acids is 1. The zero-order valence-electron chi connectivity index (χ0n) is 15.8. The summed E-state index contributed by atoms with van der Waals surface area (Å²) in [6.45, 7) is 0.823. The molecule has 3 aromatic rings. The number of carbonyl (C=O) groups is 1. The number of anilines is 2. The van der Waals surface area contributed by atoms with Crippen molar-refractivity contribution in [3.8, 4) is 17.1 Å². The number of methoxy groups -OCH3 is 2.